The molecule has 0 atom stereocenters. The van der Waals surface area contributed by atoms with E-state index in [-0.39, 0.29) is 12.3 Å². The zero-order valence-electron chi connectivity index (χ0n) is 10.8. The molecule has 0 saturated carbocycles. The van der Waals surface area contributed by atoms with Crippen molar-refractivity contribution in [3.63, 3.8) is 0 Å². The van der Waals surface area contributed by atoms with E-state index in [1.165, 1.54) is 17.5 Å². The van der Waals surface area contributed by atoms with Gasteiger partial charge in [0, 0.05) is 6.20 Å². The highest BCUT2D eigenvalue weighted by Gasteiger charge is 2.15. The number of urea groups is 1. The predicted molar refractivity (Wildman–Crippen MR) is 77.2 cm³/mol. The van der Waals surface area contributed by atoms with E-state index >= 15 is 0 Å². The van der Waals surface area contributed by atoms with Crippen molar-refractivity contribution < 1.29 is 14.3 Å². The van der Waals surface area contributed by atoms with Gasteiger partial charge in [-0.1, -0.05) is 0 Å². The lowest BCUT2D eigenvalue weighted by Crippen LogP contribution is -2.21. The number of nitrogens with zero attached hydrogens (tertiary/aromatic N) is 1. The first kappa shape index (κ1) is 14.0. The fraction of sp³-hybridized carbons (Fsp3) is 0.154. The molecule has 2 heterocycles. The van der Waals surface area contributed by atoms with Crippen molar-refractivity contribution in [2.45, 2.75) is 6.92 Å². The maximum atomic E-state index is 11.8. The molecule has 0 unspecified atom stereocenters. The number of pyridine rings is 1. The van der Waals surface area contributed by atoms with E-state index in [1.54, 1.807) is 25.1 Å². The van der Waals surface area contributed by atoms with Gasteiger partial charge in [0.25, 0.3) is 0 Å². The van der Waals surface area contributed by atoms with Gasteiger partial charge in [-0.3, -0.25) is 5.32 Å². The van der Waals surface area contributed by atoms with Crippen molar-refractivity contribution in [1.82, 2.24) is 4.98 Å². The fourth-order valence-electron chi connectivity index (χ4n) is 1.48. The van der Waals surface area contributed by atoms with Gasteiger partial charge in [-0.05, 0) is 36.6 Å². The number of carbonyl (C=O) groups excluding carboxylic acids is 2. The minimum atomic E-state index is -0.570. The second-order valence-electron chi connectivity index (χ2n) is 3.68. The third kappa shape index (κ3) is 3.55. The summed E-state index contributed by atoms with van der Waals surface area (Å²) < 4.78 is 4.88. The Morgan fingerprint density at radius 2 is 2.15 bits per heavy atom. The number of carbonyl (C=O) groups is 2. The predicted octanol–water partition coefficient (Wildman–Crippen LogP) is 2.96. The van der Waals surface area contributed by atoms with Crippen molar-refractivity contribution in [3.8, 4) is 0 Å². The molecule has 0 aromatic carbocycles. The van der Waals surface area contributed by atoms with Gasteiger partial charge in [0.05, 0.1) is 17.3 Å². The van der Waals surface area contributed by atoms with E-state index in [2.05, 4.69) is 15.6 Å². The average Bonchev–Trinajstić information content (AvgIpc) is 2.92. The summed E-state index contributed by atoms with van der Waals surface area (Å²) in [6.07, 6.45) is 1.47. The average molecular weight is 291 g/mol. The van der Waals surface area contributed by atoms with Crippen LogP contribution in [0.4, 0.5) is 15.5 Å². The summed E-state index contributed by atoms with van der Waals surface area (Å²) in [5.74, 6) is -0.570. The van der Waals surface area contributed by atoms with Crippen molar-refractivity contribution in [1.29, 1.82) is 0 Å². The molecule has 0 aliphatic heterocycles. The van der Waals surface area contributed by atoms with E-state index < -0.39 is 12.0 Å². The van der Waals surface area contributed by atoms with Gasteiger partial charge in [0.15, 0.2) is 5.69 Å². The van der Waals surface area contributed by atoms with E-state index in [1.807, 2.05) is 11.4 Å². The zero-order valence-corrected chi connectivity index (χ0v) is 11.6. The number of hydrogen-bond donors (Lipinski definition) is 2. The Morgan fingerprint density at radius 1 is 1.30 bits per heavy atom. The molecule has 0 fully saturated rings. The van der Waals surface area contributed by atoms with Crippen LogP contribution in [-0.4, -0.2) is 23.6 Å². The lowest BCUT2D eigenvalue weighted by Gasteiger charge is -2.09. The second-order valence-corrected chi connectivity index (χ2v) is 4.62. The van der Waals surface area contributed by atoms with Crippen molar-refractivity contribution >= 4 is 34.0 Å². The lowest BCUT2D eigenvalue weighted by atomic mass is 10.3. The molecule has 0 radical (unpaired) electrons. The molecule has 7 heteroatoms. The number of hydrogen-bond acceptors (Lipinski definition) is 5. The number of ether oxygens (including phenoxy) is 1. The number of amides is 2. The highest BCUT2D eigenvalue weighted by Crippen LogP contribution is 2.17. The quantitative estimate of drug-likeness (QED) is 0.849. The molecule has 2 amide bonds. The first-order chi connectivity index (χ1) is 9.70. The van der Waals surface area contributed by atoms with Crippen LogP contribution in [0.15, 0.2) is 35.8 Å². The third-order valence-electron chi connectivity index (χ3n) is 2.28. The van der Waals surface area contributed by atoms with Gasteiger partial charge >= 0.3 is 12.0 Å². The van der Waals surface area contributed by atoms with Crippen LogP contribution in [0.5, 0.6) is 0 Å². The Balaban J connectivity index is 2.09. The molecule has 0 aliphatic rings. The molecular weight excluding hydrogens is 278 g/mol. The molecule has 0 saturated heterocycles. The van der Waals surface area contributed by atoms with Gasteiger partial charge in [-0.15, -0.1) is 11.3 Å². The molecule has 2 aromatic heterocycles. The number of esters is 1. The van der Waals surface area contributed by atoms with Gasteiger partial charge in [0.1, 0.15) is 0 Å². The monoisotopic (exact) mass is 291 g/mol. The van der Waals surface area contributed by atoms with Gasteiger partial charge in [-0.2, -0.15) is 0 Å². The minimum absolute atomic E-state index is 0.0793. The fourth-order valence-corrected chi connectivity index (χ4v) is 2.10. The highest BCUT2D eigenvalue weighted by molar-refractivity contribution is 7.14. The first-order valence-electron chi connectivity index (χ1n) is 5.94. The molecule has 6 nitrogen and oxygen atoms in total. The normalized spacial score (nSPS) is 9.85. The molecule has 2 rings (SSSR count). The smallest absolute Gasteiger partial charge is 0.359 e. The number of thiophene rings is 1. The van der Waals surface area contributed by atoms with Gasteiger partial charge in [0.2, 0.25) is 0 Å². The summed E-state index contributed by atoms with van der Waals surface area (Å²) in [5, 5.41) is 7.80. The van der Waals surface area contributed by atoms with Crippen molar-refractivity contribution in [2.75, 3.05) is 17.2 Å². The Morgan fingerprint density at radius 3 is 2.85 bits per heavy atom. The highest BCUT2D eigenvalue weighted by atomic mass is 32.1. The van der Waals surface area contributed by atoms with Crippen LogP contribution in [0.25, 0.3) is 0 Å². The number of rotatable bonds is 4. The minimum Gasteiger partial charge on any atom is -0.461 e. The Labute approximate surface area is 119 Å². The van der Waals surface area contributed by atoms with Crippen molar-refractivity contribution in [3.05, 3.63) is 41.5 Å². The molecule has 0 spiro atoms. The van der Waals surface area contributed by atoms with Gasteiger partial charge in [-0.25, -0.2) is 14.6 Å². The van der Waals surface area contributed by atoms with Crippen LogP contribution in [-0.2, 0) is 4.74 Å². The van der Waals surface area contributed by atoms with E-state index in [9.17, 15) is 9.59 Å². The summed E-state index contributed by atoms with van der Waals surface area (Å²) in [4.78, 5) is 27.5. The largest absolute Gasteiger partial charge is 0.461 e. The SMILES string of the molecule is CCOC(=O)c1ncccc1NC(=O)Nc1cccs1. The third-order valence-corrected chi connectivity index (χ3v) is 3.07. The summed E-state index contributed by atoms with van der Waals surface area (Å²) in [6, 6.07) is 6.39. The van der Waals surface area contributed by atoms with Crippen LogP contribution in [0, 0.1) is 0 Å². The Hall–Kier alpha value is -2.41. The second kappa shape index (κ2) is 6.67. The Bertz CT molecular complexity index is 599. The summed E-state index contributed by atoms with van der Waals surface area (Å²) in [6.45, 7) is 1.95. The molecule has 0 bridgehead atoms. The molecular formula is C13H13N3O3S. The molecule has 0 aliphatic carbocycles. The van der Waals surface area contributed by atoms with Crippen molar-refractivity contribution in [2.24, 2.45) is 0 Å². The van der Waals surface area contributed by atoms with Crippen LogP contribution in [0.3, 0.4) is 0 Å². The zero-order chi connectivity index (χ0) is 14.4. The number of aromatic nitrogens is 1. The van der Waals surface area contributed by atoms with Gasteiger partial charge < -0.3 is 10.1 Å². The Kier molecular flexibility index (Phi) is 4.67. The first-order valence-corrected chi connectivity index (χ1v) is 6.82. The molecule has 2 N–H and O–H groups in total. The van der Waals surface area contributed by atoms with Crippen LogP contribution in [0.2, 0.25) is 0 Å². The van der Waals surface area contributed by atoms with Crippen LogP contribution in [0.1, 0.15) is 17.4 Å². The standard InChI is InChI=1S/C13H13N3O3S/c1-2-19-12(17)11-9(5-3-7-14-11)15-13(18)16-10-6-4-8-20-10/h3-8H,2H2,1H3,(H2,15,16,18). The molecule has 104 valence electrons. The topological polar surface area (TPSA) is 80.3 Å². The summed E-state index contributed by atoms with van der Waals surface area (Å²) in [7, 11) is 0. The van der Waals surface area contributed by atoms with Crippen LogP contribution >= 0.6 is 11.3 Å². The maximum Gasteiger partial charge on any atom is 0.359 e. The molecule has 2 aromatic rings. The summed E-state index contributed by atoms with van der Waals surface area (Å²) in [5.41, 5.74) is 0.385. The lowest BCUT2D eigenvalue weighted by molar-refractivity contribution is 0.0521. The van der Waals surface area contributed by atoms with E-state index in [0.29, 0.717) is 10.7 Å². The van der Waals surface area contributed by atoms with Crippen LogP contribution < -0.4 is 10.6 Å². The number of nitrogens with one attached hydrogen (secondary N) is 2. The van der Waals surface area contributed by atoms with E-state index in [4.69, 9.17) is 4.74 Å². The van der Waals surface area contributed by atoms with E-state index in [0.717, 1.165) is 0 Å². The number of anilines is 2. The maximum absolute atomic E-state index is 11.8. The summed E-state index contributed by atoms with van der Waals surface area (Å²) >= 11 is 1.40. The molecule has 20 heavy (non-hydrogen) atoms.